The molecule has 0 spiro atoms. The molecule has 1 aliphatic heterocycles. The van der Waals surface area contributed by atoms with E-state index in [2.05, 4.69) is 14.9 Å². The van der Waals surface area contributed by atoms with Gasteiger partial charge in [0, 0.05) is 42.8 Å². The van der Waals surface area contributed by atoms with Crippen molar-refractivity contribution in [2.24, 2.45) is 0 Å². The van der Waals surface area contributed by atoms with Gasteiger partial charge in [0.1, 0.15) is 5.75 Å². The van der Waals surface area contributed by atoms with Crippen LogP contribution in [0, 0.1) is 0 Å². The largest absolute Gasteiger partial charge is 0.496 e. The number of nitrogens with one attached hydrogen (secondary N) is 1. The Morgan fingerprint density at radius 1 is 1.17 bits per heavy atom. The molecule has 1 fully saturated rings. The SMILES string of the molecule is COc1ccc(Cl)cc1/C=C/C(=O)N1CCCN(c2nc3ccccc3[nH]2)CC1. The van der Waals surface area contributed by atoms with Gasteiger partial charge in [0.05, 0.1) is 18.1 Å². The monoisotopic (exact) mass is 410 g/mol. The van der Waals surface area contributed by atoms with Crippen molar-refractivity contribution in [2.45, 2.75) is 6.42 Å². The summed E-state index contributed by atoms with van der Waals surface area (Å²) >= 11 is 6.06. The van der Waals surface area contributed by atoms with E-state index in [0.29, 0.717) is 23.9 Å². The molecule has 29 heavy (non-hydrogen) atoms. The summed E-state index contributed by atoms with van der Waals surface area (Å²) in [5.41, 5.74) is 2.77. The van der Waals surface area contributed by atoms with E-state index in [4.69, 9.17) is 16.3 Å². The van der Waals surface area contributed by atoms with Crippen molar-refractivity contribution in [3.8, 4) is 5.75 Å². The van der Waals surface area contributed by atoms with Crippen LogP contribution in [0.25, 0.3) is 17.1 Å². The van der Waals surface area contributed by atoms with E-state index < -0.39 is 0 Å². The first-order valence-electron chi connectivity index (χ1n) is 9.64. The van der Waals surface area contributed by atoms with Gasteiger partial charge >= 0.3 is 0 Å². The number of halogens is 1. The first-order chi connectivity index (χ1) is 14.1. The number of ether oxygens (including phenoxy) is 1. The molecule has 2 heterocycles. The molecule has 0 bridgehead atoms. The quantitative estimate of drug-likeness (QED) is 0.661. The molecule has 4 rings (SSSR count). The number of hydrogen-bond acceptors (Lipinski definition) is 4. The minimum absolute atomic E-state index is 0.0153. The molecule has 1 aliphatic rings. The number of imidazole rings is 1. The van der Waals surface area contributed by atoms with Crippen LogP contribution in [0.15, 0.2) is 48.5 Å². The summed E-state index contributed by atoms with van der Waals surface area (Å²) in [6.07, 6.45) is 4.23. The van der Waals surface area contributed by atoms with Gasteiger partial charge in [-0.3, -0.25) is 4.79 Å². The number of fused-ring (bicyclic) bond motifs is 1. The van der Waals surface area contributed by atoms with Crippen LogP contribution in [-0.4, -0.2) is 54.1 Å². The van der Waals surface area contributed by atoms with Crippen LogP contribution in [0.2, 0.25) is 5.02 Å². The first kappa shape index (κ1) is 19.3. The third-order valence-electron chi connectivity index (χ3n) is 5.08. The number of aromatic nitrogens is 2. The minimum atomic E-state index is -0.0153. The normalized spacial score (nSPS) is 15.1. The molecule has 1 amide bonds. The van der Waals surface area contributed by atoms with Crippen molar-refractivity contribution in [2.75, 3.05) is 38.2 Å². The predicted octanol–water partition coefficient (Wildman–Crippen LogP) is 3.98. The Labute approximate surface area is 174 Å². The number of amides is 1. The standard InChI is InChI=1S/C22H23ClN4O2/c1-29-20-9-8-17(23)15-16(20)7-10-21(28)26-11-4-12-27(14-13-26)22-24-18-5-2-3-6-19(18)25-22/h2-3,5-10,15H,4,11-14H2,1H3,(H,24,25)/b10-7+. The molecule has 0 aliphatic carbocycles. The number of nitrogens with zero attached hydrogens (tertiary/aromatic N) is 3. The third kappa shape index (κ3) is 4.38. The number of benzene rings is 2. The predicted molar refractivity (Wildman–Crippen MR) is 117 cm³/mol. The first-order valence-corrected chi connectivity index (χ1v) is 10.0. The lowest BCUT2D eigenvalue weighted by atomic mass is 10.2. The van der Waals surface area contributed by atoms with Gasteiger partial charge in [-0.15, -0.1) is 0 Å². The zero-order chi connectivity index (χ0) is 20.2. The highest BCUT2D eigenvalue weighted by atomic mass is 35.5. The third-order valence-corrected chi connectivity index (χ3v) is 5.32. The highest BCUT2D eigenvalue weighted by Gasteiger charge is 2.19. The highest BCUT2D eigenvalue weighted by molar-refractivity contribution is 6.30. The molecule has 3 aromatic rings. The van der Waals surface area contributed by atoms with E-state index in [9.17, 15) is 4.79 Å². The number of anilines is 1. The highest BCUT2D eigenvalue weighted by Crippen LogP contribution is 2.24. The van der Waals surface area contributed by atoms with E-state index in [-0.39, 0.29) is 5.91 Å². The molecule has 0 saturated carbocycles. The Kier molecular flexibility index (Phi) is 5.71. The summed E-state index contributed by atoms with van der Waals surface area (Å²) in [6, 6.07) is 13.3. The molecule has 150 valence electrons. The van der Waals surface area contributed by atoms with Crippen LogP contribution < -0.4 is 9.64 Å². The van der Waals surface area contributed by atoms with Crippen LogP contribution in [0.5, 0.6) is 5.75 Å². The molecular formula is C22H23ClN4O2. The number of carbonyl (C=O) groups is 1. The van der Waals surface area contributed by atoms with Gasteiger partial charge in [-0.1, -0.05) is 23.7 Å². The molecule has 1 aromatic heterocycles. The van der Waals surface area contributed by atoms with E-state index in [1.54, 1.807) is 37.5 Å². The van der Waals surface area contributed by atoms with Gasteiger partial charge in [0.15, 0.2) is 0 Å². The fourth-order valence-electron chi connectivity index (χ4n) is 3.54. The molecule has 0 radical (unpaired) electrons. The fraction of sp³-hybridized carbons (Fsp3) is 0.273. The van der Waals surface area contributed by atoms with Crippen molar-refractivity contribution in [3.05, 3.63) is 59.1 Å². The summed E-state index contributed by atoms with van der Waals surface area (Å²) < 4.78 is 5.33. The van der Waals surface area contributed by atoms with Crippen LogP contribution in [0.4, 0.5) is 5.95 Å². The fourth-order valence-corrected chi connectivity index (χ4v) is 3.72. The zero-order valence-electron chi connectivity index (χ0n) is 16.3. The Bertz CT molecular complexity index is 1010. The molecular weight excluding hydrogens is 388 g/mol. The van der Waals surface area contributed by atoms with Gasteiger partial charge in [-0.25, -0.2) is 4.98 Å². The Balaban J connectivity index is 1.43. The molecule has 7 heteroatoms. The summed E-state index contributed by atoms with van der Waals surface area (Å²) in [5.74, 6) is 1.53. The average molecular weight is 411 g/mol. The van der Waals surface area contributed by atoms with Gasteiger partial charge in [-0.05, 0) is 42.8 Å². The average Bonchev–Trinajstić information content (AvgIpc) is 3.01. The maximum Gasteiger partial charge on any atom is 0.246 e. The number of carbonyl (C=O) groups excluding carboxylic acids is 1. The summed E-state index contributed by atoms with van der Waals surface area (Å²) in [5, 5.41) is 0.606. The van der Waals surface area contributed by atoms with Gasteiger partial charge in [-0.2, -0.15) is 0 Å². The van der Waals surface area contributed by atoms with Gasteiger partial charge in [0.25, 0.3) is 0 Å². The number of hydrogen-bond donors (Lipinski definition) is 1. The second kappa shape index (κ2) is 8.57. The van der Waals surface area contributed by atoms with Crippen molar-refractivity contribution in [3.63, 3.8) is 0 Å². The number of aromatic amines is 1. The Hall–Kier alpha value is -2.99. The zero-order valence-corrected chi connectivity index (χ0v) is 17.0. The number of rotatable bonds is 4. The number of H-pyrrole nitrogens is 1. The van der Waals surface area contributed by atoms with E-state index in [1.165, 1.54) is 0 Å². The lowest BCUT2D eigenvalue weighted by molar-refractivity contribution is -0.125. The molecule has 2 aromatic carbocycles. The number of methoxy groups -OCH3 is 1. The Morgan fingerprint density at radius 3 is 2.86 bits per heavy atom. The molecule has 1 saturated heterocycles. The maximum absolute atomic E-state index is 12.7. The van der Waals surface area contributed by atoms with E-state index >= 15 is 0 Å². The summed E-state index contributed by atoms with van der Waals surface area (Å²) in [4.78, 5) is 24.8. The van der Waals surface area contributed by atoms with Gasteiger partial charge in [0.2, 0.25) is 11.9 Å². The maximum atomic E-state index is 12.7. The van der Waals surface area contributed by atoms with E-state index in [0.717, 1.165) is 42.1 Å². The summed E-state index contributed by atoms with van der Waals surface area (Å²) in [7, 11) is 1.60. The molecule has 0 unspecified atom stereocenters. The summed E-state index contributed by atoms with van der Waals surface area (Å²) in [6.45, 7) is 2.95. The molecule has 1 N–H and O–H groups in total. The minimum Gasteiger partial charge on any atom is -0.496 e. The lowest BCUT2D eigenvalue weighted by Gasteiger charge is -2.20. The second-order valence-corrected chi connectivity index (χ2v) is 7.40. The molecule has 6 nitrogen and oxygen atoms in total. The second-order valence-electron chi connectivity index (χ2n) is 6.96. The topological polar surface area (TPSA) is 61.5 Å². The number of para-hydroxylation sites is 2. The van der Waals surface area contributed by atoms with Crippen LogP contribution in [0.1, 0.15) is 12.0 Å². The van der Waals surface area contributed by atoms with Crippen molar-refractivity contribution in [1.29, 1.82) is 0 Å². The lowest BCUT2D eigenvalue weighted by Crippen LogP contribution is -2.34. The van der Waals surface area contributed by atoms with Crippen LogP contribution in [0.3, 0.4) is 0 Å². The van der Waals surface area contributed by atoms with Crippen LogP contribution in [-0.2, 0) is 4.79 Å². The van der Waals surface area contributed by atoms with Crippen molar-refractivity contribution >= 4 is 40.6 Å². The van der Waals surface area contributed by atoms with Gasteiger partial charge < -0.3 is 19.5 Å². The van der Waals surface area contributed by atoms with E-state index in [1.807, 2.05) is 29.2 Å². The smallest absolute Gasteiger partial charge is 0.246 e. The van der Waals surface area contributed by atoms with Crippen LogP contribution >= 0.6 is 11.6 Å². The van der Waals surface area contributed by atoms with Crippen molar-refractivity contribution in [1.82, 2.24) is 14.9 Å². The Morgan fingerprint density at radius 2 is 2.03 bits per heavy atom. The molecule has 0 atom stereocenters. The van der Waals surface area contributed by atoms with Crippen molar-refractivity contribution < 1.29 is 9.53 Å².